The molecule has 0 aliphatic carbocycles. The zero-order valence-electron chi connectivity index (χ0n) is 6.37. The smallest absolute Gasteiger partial charge is 0.404 e. The summed E-state index contributed by atoms with van der Waals surface area (Å²) in [6.45, 7) is 2.06. The molecule has 0 saturated carbocycles. The highest BCUT2D eigenvalue weighted by molar-refractivity contribution is 5.69. The molecular formula is C4H14N4O3. The number of rotatable bonds is 1. The van der Waals surface area contributed by atoms with Gasteiger partial charge in [-0.1, -0.05) is 0 Å². The lowest BCUT2D eigenvalue weighted by atomic mass is 10.9. The fraction of sp³-hybridized carbons (Fsp3) is 0.500. The van der Waals surface area contributed by atoms with Crippen molar-refractivity contribution in [3.05, 3.63) is 0 Å². The molecule has 3 amide bonds. The number of nitrogens with two attached hydrogens (primary N) is 3. The van der Waals surface area contributed by atoms with Crippen LogP contribution in [-0.4, -0.2) is 18.7 Å². The van der Waals surface area contributed by atoms with E-state index in [2.05, 4.69) is 21.9 Å². The van der Waals surface area contributed by atoms with Crippen molar-refractivity contribution in [3.8, 4) is 0 Å². The van der Waals surface area contributed by atoms with Gasteiger partial charge in [0.1, 0.15) is 0 Å². The van der Waals surface area contributed by atoms with Gasteiger partial charge in [-0.15, -0.1) is 0 Å². The van der Waals surface area contributed by atoms with Crippen LogP contribution in [0, 0.1) is 0 Å². The van der Waals surface area contributed by atoms with E-state index in [1.165, 1.54) is 0 Å². The Balaban J connectivity index is -0.000000114. The Morgan fingerprint density at radius 3 is 1.55 bits per heavy atom. The molecule has 0 heterocycles. The molecule has 0 spiro atoms. The maximum Gasteiger partial charge on any atom is 0.404 e. The summed E-state index contributed by atoms with van der Waals surface area (Å²) in [6, 6.07) is -0.833. The van der Waals surface area contributed by atoms with E-state index in [-0.39, 0.29) is 6.15 Å². The molecular weight excluding hydrogens is 152 g/mol. The summed E-state index contributed by atoms with van der Waals surface area (Å²) >= 11 is 0. The Morgan fingerprint density at radius 1 is 1.27 bits per heavy atom. The highest BCUT2D eigenvalue weighted by Gasteiger charge is 1.82. The highest BCUT2D eigenvalue weighted by Crippen LogP contribution is 1.66. The van der Waals surface area contributed by atoms with Gasteiger partial charge in [-0.3, -0.25) is 0 Å². The molecule has 9 N–H and O–H groups in total. The van der Waals surface area contributed by atoms with E-state index in [1.807, 2.05) is 0 Å². The summed E-state index contributed by atoms with van der Waals surface area (Å²) in [5, 5.41) is 0. The van der Waals surface area contributed by atoms with Crippen molar-refractivity contribution in [1.82, 2.24) is 6.15 Å². The van der Waals surface area contributed by atoms with Gasteiger partial charge in [-0.05, 0) is 6.92 Å². The van der Waals surface area contributed by atoms with Crippen molar-refractivity contribution >= 4 is 12.1 Å². The molecule has 0 unspecified atom stereocenters. The molecule has 0 atom stereocenters. The largest absolute Gasteiger partial charge is 0.450 e. The number of urea groups is 1. The molecule has 0 aromatic heterocycles. The fourth-order valence-corrected chi connectivity index (χ4v) is 0.142. The minimum Gasteiger partial charge on any atom is -0.450 e. The molecule has 0 bridgehead atoms. The van der Waals surface area contributed by atoms with Crippen LogP contribution in [0.5, 0.6) is 0 Å². The van der Waals surface area contributed by atoms with Gasteiger partial charge in [0.2, 0.25) is 0 Å². The molecule has 0 radical (unpaired) electrons. The second-order valence-electron chi connectivity index (χ2n) is 1.15. The van der Waals surface area contributed by atoms with Crippen molar-refractivity contribution < 1.29 is 14.3 Å². The molecule has 0 aromatic rings. The van der Waals surface area contributed by atoms with E-state index in [1.54, 1.807) is 6.92 Å². The summed E-state index contributed by atoms with van der Waals surface area (Å²) in [5.41, 5.74) is 13.0. The number of amides is 3. The van der Waals surface area contributed by atoms with Gasteiger partial charge in [-0.25, -0.2) is 9.59 Å². The van der Waals surface area contributed by atoms with Crippen LogP contribution in [0.25, 0.3) is 0 Å². The normalized spacial score (nSPS) is 6.27. The molecule has 0 saturated heterocycles. The maximum atomic E-state index is 9.60. The second kappa shape index (κ2) is 11.3. The van der Waals surface area contributed by atoms with Gasteiger partial charge in [0.05, 0.1) is 6.61 Å². The van der Waals surface area contributed by atoms with E-state index in [9.17, 15) is 4.79 Å². The molecule has 68 valence electrons. The quantitative estimate of drug-likeness (QED) is 0.405. The van der Waals surface area contributed by atoms with Crippen LogP contribution in [-0.2, 0) is 4.74 Å². The predicted octanol–water partition coefficient (Wildman–Crippen LogP) is -0.713. The number of hydrogen-bond acceptors (Lipinski definition) is 4. The molecule has 0 fully saturated rings. The Labute approximate surface area is 64.4 Å². The standard InChI is InChI=1S/C3H7NO2.CH4N2O.H3N/c1-2-6-3(4)5;2-1(3)4;/h2H2,1H3,(H2,4,5);(H4,2,3,4);1H3. The topological polar surface area (TPSA) is 156 Å². The number of carbonyl (C=O) groups is 2. The van der Waals surface area contributed by atoms with Crippen molar-refractivity contribution in [2.24, 2.45) is 17.2 Å². The van der Waals surface area contributed by atoms with E-state index in [0.29, 0.717) is 6.61 Å². The lowest BCUT2D eigenvalue weighted by Crippen LogP contribution is -2.18. The third kappa shape index (κ3) is 160. The molecule has 0 aliphatic rings. The van der Waals surface area contributed by atoms with E-state index < -0.39 is 12.1 Å². The van der Waals surface area contributed by atoms with Crippen LogP contribution < -0.4 is 23.4 Å². The molecule has 0 aliphatic heterocycles. The average molecular weight is 166 g/mol. The van der Waals surface area contributed by atoms with Crippen LogP contribution in [0.1, 0.15) is 6.92 Å². The summed E-state index contributed by atoms with van der Waals surface area (Å²) in [5.74, 6) is 0. The van der Waals surface area contributed by atoms with Gasteiger partial charge in [0, 0.05) is 0 Å². The minimum atomic E-state index is -0.833. The highest BCUT2D eigenvalue weighted by atomic mass is 16.5. The number of hydrogen-bond donors (Lipinski definition) is 4. The summed E-state index contributed by atoms with van der Waals surface area (Å²) in [6.07, 6.45) is -0.711. The molecule has 7 nitrogen and oxygen atoms in total. The third-order valence-corrected chi connectivity index (χ3v) is 0.287. The molecule has 7 heteroatoms. The lowest BCUT2D eigenvalue weighted by molar-refractivity contribution is 0.163. The maximum absolute atomic E-state index is 9.60. The zero-order valence-corrected chi connectivity index (χ0v) is 6.37. The van der Waals surface area contributed by atoms with Crippen molar-refractivity contribution in [3.63, 3.8) is 0 Å². The van der Waals surface area contributed by atoms with E-state index in [4.69, 9.17) is 4.79 Å². The molecule has 0 rings (SSSR count). The van der Waals surface area contributed by atoms with Crippen LogP contribution in [0.4, 0.5) is 9.59 Å². The lowest BCUT2D eigenvalue weighted by Gasteiger charge is -1.89. The molecule has 11 heavy (non-hydrogen) atoms. The first-order chi connectivity index (χ1) is 4.50. The SMILES string of the molecule is CCOC(N)=O.N.NC(N)=O. The van der Waals surface area contributed by atoms with Crippen molar-refractivity contribution in [2.45, 2.75) is 6.92 Å². The zero-order chi connectivity index (χ0) is 8.57. The Kier molecular flexibility index (Phi) is 16.7. The summed E-state index contributed by atoms with van der Waals surface area (Å²) < 4.78 is 4.18. The van der Waals surface area contributed by atoms with Crippen LogP contribution in [0.2, 0.25) is 0 Å². The van der Waals surface area contributed by atoms with E-state index >= 15 is 0 Å². The first-order valence-electron chi connectivity index (χ1n) is 2.47. The Bertz CT molecular complexity index is 112. The van der Waals surface area contributed by atoms with E-state index in [0.717, 1.165) is 0 Å². The summed E-state index contributed by atoms with van der Waals surface area (Å²) in [7, 11) is 0. The second-order valence-corrected chi connectivity index (χ2v) is 1.15. The van der Waals surface area contributed by atoms with Gasteiger partial charge < -0.3 is 28.1 Å². The number of ether oxygens (including phenoxy) is 1. The fourth-order valence-electron chi connectivity index (χ4n) is 0.142. The molecule has 0 aromatic carbocycles. The summed E-state index contributed by atoms with van der Waals surface area (Å²) in [4.78, 5) is 18.6. The monoisotopic (exact) mass is 166 g/mol. The number of carbonyl (C=O) groups excluding carboxylic acids is 2. The Hall–Kier alpha value is -1.50. The van der Waals surface area contributed by atoms with Crippen LogP contribution in [0.3, 0.4) is 0 Å². The van der Waals surface area contributed by atoms with Gasteiger partial charge in [0.25, 0.3) is 0 Å². The number of primary amides is 3. The van der Waals surface area contributed by atoms with Gasteiger partial charge in [0.15, 0.2) is 0 Å². The first kappa shape index (κ1) is 16.2. The van der Waals surface area contributed by atoms with Gasteiger partial charge >= 0.3 is 12.1 Å². The third-order valence-electron chi connectivity index (χ3n) is 0.287. The van der Waals surface area contributed by atoms with Crippen molar-refractivity contribution in [1.29, 1.82) is 0 Å². The first-order valence-corrected chi connectivity index (χ1v) is 2.47. The van der Waals surface area contributed by atoms with Crippen molar-refractivity contribution in [2.75, 3.05) is 6.61 Å². The average Bonchev–Trinajstić information content (AvgIpc) is 1.62. The Morgan fingerprint density at radius 2 is 1.55 bits per heavy atom. The van der Waals surface area contributed by atoms with Crippen LogP contribution >= 0.6 is 0 Å². The predicted molar refractivity (Wildman–Crippen MR) is 40.0 cm³/mol. The minimum absolute atomic E-state index is 0. The van der Waals surface area contributed by atoms with Gasteiger partial charge in [-0.2, -0.15) is 0 Å². The van der Waals surface area contributed by atoms with Crippen LogP contribution in [0.15, 0.2) is 0 Å².